The Morgan fingerprint density at radius 2 is 1.81 bits per heavy atom. The van der Waals surface area contributed by atoms with Gasteiger partial charge in [0.2, 0.25) is 0 Å². The fraction of sp³-hybridized carbons (Fsp3) is 0.500. The van der Waals surface area contributed by atoms with Gasteiger partial charge < -0.3 is 9.80 Å². The molecule has 1 heterocycles. The number of hydrogen-bond donors (Lipinski definition) is 0. The third kappa shape index (κ3) is 4.36. The van der Waals surface area contributed by atoms with Crippen molar-refractivity contribution in [2.75, 3.05) is 39.8 Å². The lowest BCUT2D eigenvalue weighted by molar-refractivity contribution is 0.153. The van der Waals surface area contributed by atoms with Crippen LogP contribution in [0.15, 0.2) is 53.6 Å². The molecule has 2 aliphatic carbocycles. The molecule has 1 aromatic carbocycles. The second-order valence-electron chi connectivity index (χ2n) is 8.13. The van der Waals surface area contributed by atoms with Crippen molar-refractivity contribution in [2.45, 2.75) is 38.5 Å². The number of fused-ring (bicyclic) bond motifs is 1. The summed E-state index contributed by atoms with van der Waals surface area (Å²) in [6, 6.07) is 7.27. The maximum atomic E-state index is 2.63. The topological polar surface area (TPSA) is 6.48 Å². The van der Waals surface area contributed by atoms with Crippen LogP contribution in [-0.2, 0) is 19.3 Å². The van der Waals surface area contributed by atoms with E-state index in [2.05, 4.69) is 59.4 Å². The Morgan fingerprint density at radius 1 is 0.962 bits per heavy atom. The van der Waals surface area contributed by atoms with Crippen molar-refractivity contribution in [3.05, 3.63) is 70.3 Å². The van der Waals surface area contributed by atoms with E-state index in [1.807, 2.05) is 0 Å². The number of likely N-dealkylation sites (N-methyl/N-ethyl adjacent to an activating group) is 1. The van der Waals surface area contributed by atoms with Gasteiger partial charge in [0.1, 0.15) is 0 Å². The highest BCUT2D eigenvalue weighted by Crippen LogP contribution is 2.28. The van der Waals surface area contributed by atoms with E-state index in [4.69, 9.17) is 0 Å². The molecule has 0 bridgehead atoms. The molecule has 1 aromatic rings. The number of nitrogens with zero attached hydrogens (tertiary/aromatic N) is 2. The molecule has 1 saturated heterocycles. The summed E-state index contributed by atoms with van der Waals surface area (Å²) in [7, 11) is 2.23. The van der Waals surface area contributed by atoms with Gasteiger partial charge in [-0.25, -0.2) is 0 Å². The van der Waals surface area contributed by atoms with Crippen LogP contribution in [0.3, 0.4) is 0 Å². The zero-order valence-corrected chi connectivity index (χ0v) is 16.2. The number of aryl methyl sites for hydroxylation is 1. The number of allylic oxidation sites excluding steroid dienone is 6. The highest BCUT2D eigenvalue weighted by atomic mass is 15.2. The zero-order valence-electron chi connectivity index (χ0n) is 16.2. The van der Waals surface area contributed by atoms with Crippen LogP contribution >= 0.6 is 0 Å². The molecule has 0 aromatic heterocycles. The lowest BCUT2D eigenvalue weighted by atomic mass is 9.86. The Morgan fingerprint density at radius 3 is 2.69 bits per heavy atom. The Hall–Kier alpha value is -1.64. The summed E-state index contributed by atoms with van der Waals surface area (Å²) in [6.07, 6.45) is 16.5. The fourth-order valence-electron chi connectivity index (χ4n) is 4.41. The van der Waals surface area contributed by atoms with Crippen molar-refractivity contribution in [2.24, 2.45) is 0 Å². The molecule has 4 rings (SSSR count). The van der Waals surface area contributed by atoms with Crippen molar-refractivity contribution in [3.63, 3.8) is 0 Å². The van der Waals surface area contributed by atoms with Gasteiger partial charge in [0, 0.05) is 26.2 Å². The molecule has 1 aliphatic heterocycles. The molecule has 0 saturated carbocycles. The van der Waals surface area contributed by atoms with E-state index in [0.717, 1.165) is 12.8 Å². The van der Waals surface area contributed by atoms with Gasteiger partial charge in [-0.3, -0.25) is 0 Å². The number of hydrogen-bond acceptors (Lipinski definition) is 2. The molecule has 3 aliphatic rings. The lowest BCUT2D eigenvalue weighted by Crippen LogP contribution is -2.44. The zero-order chi connectivity index (χ0) is 17.8. The molecule has 2 heteroatoms. The predicted molar refractivity (Wildman–Crippen MR) is 111 cm³/mol. The van der Waals surface area contributed by atoms with Gasteiger partial charge in [-0.15, -0.1) is 0 Å². The molecule has 0 amide bonds. The van der Waals surface area contributed by atoms with E-state index in [-0.39, 0.29) is 0 Å². The minimum Gasteiger partial charge on any atom is -0.304 e. The molecule has 0 unspecified atom stereocenters. The Bertz CT molecular complexity index is 718. The molecule has 0 N–H and O–H groups in total. The first kappa shape index (κ1) is 17.8. The summed E-state index contributed by atoms with van der Waals surface area (Å²) in [5.41, 5.74) is 7.68. The van der Waals surface area contributed by atoms with Gasteiger partial charge in [0.05, 0.1) is 0 Å². The standard InChI is InChI=1S/C24H32N2/c1-25-14-16-26(17-15-25)13-5-6-20-11-12-24-19-23-8-3-2-7-21(23)9-4-10-22(24)18-20/h2,4,7,9,11-12,18H,3,5-6,8,10,13-17,19H2,1H3/b9-4-. The minimum atomic E-state index is 1.08. The van der Waals surface area contributed by atoms with Crippen LogP contribution in [0.2, 0.25) is 0 Å². The molecule has 2 nitrogen and oxygen atoms in total. The van der Waals surface area contributed by atoms with Crippen molar-refractivity contribution in [1.82, 2.24) is 9.80 Å². The molecule has 0 radical (unpaired) electrons. The molecular weight excluding hydrogens is 316 g/mol. The highest BCUT2D eigenvalue weighted by molar-refractivity contribution is 5.45. The van der Waals surface area contributed by atoms with Crippen LogP contribution in [0.4, 0.5) is 0 Å². The predicted octanol–water partition coefficient (Wildman–Crippen LogP) is 4.17. The number of benzene rings is 1. The first-order chi connectivity index (χ1) is 12.8. The van der Waals surface area contributed by atoms with Gasteiger partial charge in [-0.1, -0.05) is 48.1 Å². The van der Waals surface area contributed by atoms with E-state index in [0.29, 0.717) is 0 Å². The minimum absolute atomic E-state index is 1.08. The monoisotopic (exact) mass is 348 g/mol. The Labute approximate surface area is 158 Å². The molecule has 138 valence electrons. The van der Waals surface area contributed by atoms with Gasteiger partial charge in [-0.05, 0) is 74.4 Å². The highest BCUT2D eigenvalue weighted by Gasteiger charge is 2.14. The van der Waals surface area contributed by atoms with Crippen LogP contribution < -0.4 is 0 Å². The number of piperazine rings is 1. The first-order valence-corrected chi connectivity index (χ1v) is 10.3. The van der Waals surface area contributed by atoms with E-state index in [9.17, 15) is 0 Å². The van der Waals surface area contributed by atoms with Crippen molar-refractivity contribution >= 4 is 0 Å². The summed E-state index contributed by atoms with van der Waals surface area (Å²) in [5.74, 6) is 0. The van der Waals surface area contributed by atoms with Crippen LogP contribution in [-0.4, -0.2) is 49.6 Å². The summed E-state index contributed by atoms with van der Waals surface area (Å²) in [6.45, 7) is 6.15. The van der Waals surface area contributed by atoms with Crippen LogP contribution in [0.5, 0.6) is 0 Å². The third-order valence-electron chi connectivity index (χ3n) is 6.16. The smallest absolute Gasteiger partial charge is 0.0110 e. The van der Waals surface area contributed by atoms with Gasteiger partial charge >= 0.3 is 0 Å². The third-order valence-corrected chi connectivity index (χ3v) is 6.16. The molecule has 1 fully saturated rings. The molecular formula is C24H32N2. The van der Waals surface area contributed by atoms with Crippen LogP contribution in [0, 0.1) is 0 Å². The SMILES string of the molecule is CN1CCN(CCCc2ccc3c(c2)C/C=C\C2=C(CCC=C2)C3)CC1. The lowest BCUT2D eigenvalue weighted by Gasteiger charge is -2.32. The average Bonchev–Trinajstić information content (AvgIpc) is 2.64. The maximum absolute atomic E-state index is 2.63. The normalized spacial score (nSPS) is 22.5. The number of rotatable bonds is 4. The first-order valence-electron chi connectivity index (χ1n) is 10.3. The summed E-state index contributed by atoms with van der Waals surface area (Å²) in [5, 5.41) is 0. The summed E-state index contributed by atoms with van der Waals surface area (Å²) >= 11 is 0. The summed E-state index contributed by atoms with van der Waals surface area (Å²) < 4.78 is 0. The molecule has 26 heavy (non-hydrogen) atoms. The van der Waals surface area contributed by atoms with E-state index < -0.39 is 0 Å². The van der Waals surface area contributed by atoms with Gasteiger partial charge in [0.25, 0.3) is 0 Å². The van der Waals surface area contributed by atoms with Gasteiger partial charge in [0.15, 0.2) is 0 Å². The van der Waals surface area contributed by atoms with E-state index in [1.165, 1.54) is 69.5 Å². The van der Waals surface area contributed by atoms with E-state index in [1.54, 1.807) is 16.7 Å². The largest absolute Gasteiger partial charge is 0.304 e. The second-order valence-corrected chi connectivity index (χ2v) is 8.13. The molecule has 0 atom stereocenters. The second kappa shape index (κ2) is 8.37. The van der Waals surface area contributed by atoms with Crippen LogP contribution in [0.25, 0.3) is 0 Å². The van der Waals surface area contributed by atoms with Crippen molar-refractivity contribution in [3.8, 4) is 0 Å². The average molecular weight is 349 g/mol. The van der Waals surface area contributed by atoms with Crippen LogP contribution in [0.1, 0.15) is 36.0 Å². The van der Waals surface area contributed by atoms with Crippen molar-refractivity contribution in [1.29, 1.82) is 0 Å². The maximum Gasteiger partial charge on any atom is 0.0110 e. The fourth-order valence-corrected chi connectivity index (χ4v) is 4.41. The van der Waals surface area contributed by atoms with E-state index >= 15 is 0 Å². The Kier molecular flexibility index (Phi) is 5.72. The molecule has 0 spiro atoms. The van der Waals surface area contributed by atoms with Gasteiger partial charge in [-0.2, -0.15) is 0 Å². The summed E-state index contributed by atoms with van der Waals surface area (Å²) in [4.78, 5) is 5.06. The Balaban J connectivity index is 1.37. The van der Waals surface area contributed by atoms with Crippen molar-refractivity contribution < 1.29 is 0 Å². The quantitative estimate of drug-likeness (QED) is 0.806.